The lowest BCUT2D eigenvalue weighted by molar-refractivity contribution is -0.127. The van der Waals surface area contributed by atoms with Crippen molar-refractivity contribution in [3.8, 4) is 0 Å². The van der Waals surface area contributed by atoms with Gasteiger partial charge in [-0.1, -0.05) is 6.92 Å². The van der Waals surface area contributed by atoms with Gasteiger partial charge in [0, 0.05) is 65.6 Å². The van der Waals surface area contributed by atoms with E-state index in [0.29, 0.717) is 91.6 Å². The molecule has 0 aromatic heterocycles. The van der Waals surface area contributed by atoms with E-state index in [9.17, 15) is 19.2 Å². The second kappa shape index (κ2) is 26.8. The first kappa shape index (κ1) is 37.6. The fourth-order valence-electron chi connectivity index (χ4n) is 3.19. The van der Waals surface area contributed by atoms with Crippen molar-refractivity contribution in [1.29, 1.82) is 0 Å². The van der Waals surface area contributed by atoms with E-state index >= 15 is 0 Å². The molecule has 0 aliphatic carbocycles. The second-order valence-corrected chi connectivity index (χ2v) is 9.12. The number of amides is 4. The van der Waals surface area contributed by atoms with Crippen LogP contribution >= 0.6 is 0 Å². The van der Waals surface area contributed by atoms with Crippen molar-refractivity contribution in [3.05, 3.63) is 0 Å². The topological polar surface area (TPSA) is 237 Å². The highest BCUT2D eigenvalue weighted by atomic mass is 16.5. The predicted molar refractivity (Wildman–Crippen MR) is 153 cm³/mol. The number of carbonyl (C=O) groups excluding carboxylic acids is 4. The minimum atomic E-state index is -0.908. The molecule has 0 radical (unpaired) electrons. The van der Waals surface area contributed by atoms with Crippen LogP contribution in [-0.2, 0) is 28.7 Å². The molecule has 0 aliphatic heterocycles. The van der Waals surface area contributed by atoms with Gasteiger partial charge in [0.2, 0.25) is 23.6 Å². The van der Waals surface area contributed by atoms with Gasteiger partial charge in [-0.3, -0.25) is 19.2 Å². The van der Waals surface area contributed by atoms with Gasteiger partial charge in [-0.15, -0.1) is 0 Å². The Kier molecular flexibility index (Phi) is 25.2. The molecule has 2 atom stereocenters. The quantitative estimate of drug-likeness (QED) is 0.0431. The van der Waals surface area contributed by atoms with Crippen molar-refractivity contribution in [2.24, 2.45) is 17.2 Å². The first-order chi connectivity index (χ1) is 19.3. The minimum absolute atomic E-state index is 0.0601. The number of ether oxygens (including phenoxy) is 2. The number of carbonyl (C=O) groups is 4. The summed E-state index contributed by atoms with van der Waals surface area (Å²) in [6.45, 7) is 8.83. The van der Waals surface area contributed by atoms with Gasteiger partial charge in [-0.2, -0.15) is 0 Å². The molecule has 15 heteroatoms. The zero-order valence-electron chi connectivity index (χ0n) is 24.1. The molecule has 12 N–H and O–H groups in total. The minimum Gasteiger partial charge on any atom is -0.379 e. The third kappa shape index (κ3) is 23.5. The number of nitrogens with two attached hydrogens (primary N) is 3. The van der Waals surface area contributed by atoms with Crippen LogP contribution in [0, 0.1) is 0 Å². The van der Waals surface area contributed by atoms with Gasteiger partial charge in [0.25, 0.3) is 0 Å². The van der Waals surface area contributed by atoms with Gasteiger partial charge in [0.05, 0.1) is 38.1 Å². The highest BCUT2D eigenvalue weighted by Gasteiger charge is 2.17. The fraction of sp³-hybridized carbons (Fsp3) is 0.840. The molecule has 4 amide bonds. The van der Waals surface area contributed by atoms with Crippen molar-refractivity contribution in [3.63, 3.8) is 0 Å². The first-order valence-electron chi connectivity index (χ1n) is 14.2. The summed E-state index contributed by atoms with van der Waals surface area (Å²) in [5.74, 6) is -1.28. The van der Waals surface area contributed by atoms with E-state index in [1.165, 1.54) is 0 Å². The van der Waals surface area contributed by atoms with Crippen LogP contribution in [-0.4, -0.2) is 121 Å². The van der Waals surface area contributed by atoms with E-state index in [1.807, 2.05) is 0 Å². The maximum Gasteiger partial charge on any atom is 0.237 e. The summed E-state index contributed by atoms with van der Waals surface area (Å²) in [6.07, 6.45) is 2.08. The molecule has 0 saturated heterocycles. The van der Waals surface area contributed by atoms with Gasteiger partial charge in [-0.25, -0.2) is 0 Å². The predicted octanol–water partition coefficient (Wildman–Crippen LogP) is -3.75. The smallest absolute Gasteiger partial charge is 0.237 e. The van der Waals surface area contributed by atoms with E-state index in [2.05, 4.69) is 38.8 Å². The third-order valence-corrected chi connectivity index (χ3v) is 5.38. The zero-order valence-corrected chi connectivity index (χ0v) is 24.1. The summed E-state index contributed by atoms with van der Waals surface area (Å²) in [5, 5.41) is 17.0. The van der Waals surface area contributed by atoms with Crippen LogP contribution < -0.4 is 49.1 Å². The number of hydrogen-bond donors (Lipinski definition) is 9. The molecule has 40 heavy (non-hydrogen) atoms. The lowest BCUT2D eigenvalue weighted by Gasteiger charge is -2.13. The Morgan fingerprint density at radius 2 is 1.05 bits per heavy atom. The Balaban J connectivity index is 3.59. The largest absolute Gasteiger partial charge is 0.379 e. The molecule has 0 saturated carbocycles. The Hall–Kier alpha value is -2.40. The van der Waals surface area contributed by atoms with Crippen LogP contribution in [0.1, 0.15) is 39.0 Å². The van der Waals surface area contributed by atoms with Crippen molar-refractivity contribution < 1.29 is 28.7 Å². The van der Waals surface area contributed by atoms with Crippen LogP contribution in [0.15, 0.2) is 0 Å². The molecule has 234 valence electrons. The Morgan fingerprint density at radius 3 is 1.48 bits per heavy atom. The molecule has 0 aromatic rings. The van der Waals surface area contributed by atoms with Crippen LogP contribution in [0.2, 0.25) is 0 Å². The van der Waals surface area contributed by atoms with Crippen LogP contribution in [0.25, 0.3) is 0 Å². The average molecular weight is 576 g/mol. The number of rotatable bonds is 27. The van der Waals surface area contributed by atoms with E-state index < -0.39 is 12.1 Å². The van der Waals surface area contributed by atoms with Gasteiger partial charge >= 0.3 is 0 Å². The molecule has 15 nitrogen and oxygen atoms in total. The van der Waals surface area contributed by atoms with Gasteiger partial charge < -0.3 is 58.6 Å². The van der Waals surface area contributed by atoms with E-state index in [4.69, 9.17) is 26.7 Å². The Labute approximate surface area is 238 Å². The SMILES string of the molecule is CCCNCCNC(=O)CC(N)C(=O)NCCCOCCOCCCNC(=O)C(N)CC(=O)NCCNCCN. The maximum atomic E-state index is 12.0. The van der Waals surface area contributed by atoms with Crippen molar-refractivity contribution in [2.45, 2.75) is 51.1 Å². The summed E-state index contributed by atoms with van der Waals surface area (Å²) in [5.41, 5.74) is 16.9. The van der Waals surface area contributed by atoms with E-state index in [-0.39, 0.29) is 36.5 Å². The van der Waals surface area contributed by atoms with E-state index in [0.717, 1.165) is 13.0 Å². The van der Waals surface area contributed by atoms with Crippen molar-refractivity contribution >= 4 is 23.6 Å². The normalized spacial score (nSPS) is 12.4. The number of hydrogen-bond acceptors (Lipinski definition) is 11. The Bertz CT molecular complexity index is 631. The van der Waals surface area contributed by atoms with Crippen molar-refractivity contribution in [2.75, 3.05) is 85.3 Å². The highest BCUT2D eigenvalue weighted by Crippen LogP contribution is 1.92. The second-order valence-electron chi connectivity index (χ2n) is 9.12. The first-order valence-corrected chi connectivity index (χ1v) is 14.2. The lowest BCUT2D eigenvalue weighted by atomic mass is 10.2. The molecule has 0 aromatic carbocycles. The van der Waals surface area contributed by atoms with Gasteiger partial charge in [0.15, 0.2) is 0 Å². The molecule has 0 heterocycles. The van der Waals surface area contributed by atoms with E-state index in [1.54, 1.807) is 0 Å². The molecule has 0 fully saturated rings. The molecule has 0 rings (SSSR count). The van der Waals surface area contributed by atoms with Crippen LogP contribution in [0.3, 0.4) is 0 Å². The Morgan fingerprint density at radius 1 is 0.600 bits per heavy atom. The van der Waals surface area contributed by atoms with Gasteiger partial charge in [0.1, 0.15) is 0 Å². The average Bonchev–Trinajstić information content (AvgIpc) is 2.92. The standard InChI is InChI=1S/C25H53N9O6/c1-2-6-29-10-12-31-22(35)18-20(27)24(37)33-7-3-14-39-16-17-40-15-4-8-34-25(38)21(28)19-23(36)32-13-11-30-9-5-26/h20-21,29-30H,2-19,26-28H2,1H3,(H,31,35)(H,32,36)(H,33,37)(H,34,38). The van der Waals surface area contributed by atoms with Crippen LogP contribution in [0.4, 0.5) is 0 Å². The van der Waals surface area contributed by atoms with Crippen LogP contribution in [0.5, 0.6) is 0 Å². The molecule has 0 spiro atoms. The summed E-state index contributed by atoms with van der Waals surface area (Å²) >= 11 is 0. The zero-order chi connectivity index (χ0) is 29.8. The summed E-state index contributed by atoms with van der Waals surface area (Å²) in [6, 6.07) is -1.80. The number of nitrogens with one attached hydrogen (secondary N) is 6. The van der Waals surface area contributed by atoms with Gasteiger partial charge in [-0.05, 0) is 25.8 Å². The summed E-state index contributed by atoms with van der Waals surface area (Å²) in [4.78, 5) is 47.6. The molecule has 2 unspecified atom stereocenters. The highest BCUT2D eigenvalue weighted by molar-refractivity contribution is 5.88. The maximum absolute atomic E-state index is 12.0. The molecular formula is C25H53N9O6. The fourth-order valence-corrected chi connectivity index (χ4v) is 3.19. The summed E-state index contributed by atoms with van der Waals surface area (Å²) in [7, 11) is 0. The molecule has 0 bridgehead atoms. The lowest BCUT2D eigenvalue weighted by Crippen LogP contribution is -2.45. The summed E-state index contributed by atoms with van der Waals surface area (Å²) < 4.78 is 10.9. The van der Waals surface area contributed by atoms with Crippen molar-refractivity contribution in [1.82, 2.24) is 31.9 Å². The third-order valence-electron chi connectivity index (χ3n) is 5.38. The molecular weight excluding hydrogens is 522 g/mol. The molecule has 0 aliphatic rings. The monoisotopic (exact) mass is 575 g/mol.